The number of fused-ring (bicyclic) bond motifs is 3. The van der Waals surface area contributed by atoms with E-state index in [-0.39, 0.29) is 0 Å². The van der Waals surface area contributed by atoms with Crippen LogP contribution in [-0.2, 0) is 0 Å². The summed E-state index contributed by atoms with van der Waals surface area (Å²) in [5.41, 5.74) is 1.77. The summed E-state index contributed by atoms with van der Waals surface area (Å²) in [5, 5.41) is 9.78. The molecular weight excluding hydrogens is 256 g/mol. The van der Waals surface area contributed by atoms with E-state index in [1.807, 2.05) is 0 Å². The van der Waals surface area contributed by atoms with Gasteiger partial charge in [0.2, 0.25) is 0 Å². The smallest absolute Gasteiger partial charge is 0.0462 e. The highest BCUT2D eigenvalue weighted by molar-refractivity contribution is 5.13. The summed E-state index contributed by atoms with van der Waals surface area (Å²) in [5.74, 6) is 3.38. The minimum absolute atomic E-state index is 0.449. The molecule has 120 valence electrons. The molecule has 4 aliphatic rings. The van der Waals surface area contributed by atoms with Crippen molar-refractivity contribution in [3.05, 3.63) is 0 Å². The van der Waals surface area contributed by atoms with Crippen LogP contribution in [-0.4, -0.2) is 11.7 Å². The van der Waals surface area contributed by atoms with E-state index >= 15 is 0 Å². The van der Waals surface area contributed by atoms with Crippen molar-refractivity contribution < 1.29 is 5.11 Å². The van der Waals surface area contributed by atoms with E-state index in [2.05, 4.69) is 20.8 Å². The van der Waals surface area contributed by atoms with Crippen molar-refractivity contribution >= 4 is 0 Å². The molecule has 6 atom stereocenters. The highest BCUT2D eigenvalue weighted by atomic mass is 16.3. The van der Waals surface area contributed by atoms with Crippen LogP contribution in [0.4, 0.5) is 0 Å². The Morgan fingerprint density at radius 2 is 1.71 bits per heavy atom. The molecule has 1 N–H and O–H groups in total. The fraction of sp³-hybridized carbons (Fsp3) is 1.00. The molecule has 4 aliphatic carbocycles. The molecule has 21 heavy (non-hydrogen) atoms. The van der Waals surface area contributed by atoms with Gasteiger partial charge in [0.25, 0.3) is 0 Å². The largest absolute Gasteiger partial charge is 0.396 e. The van der Waals surface area contributed by atoms with Gasteiger partial charge in [0, 0.05) is 6.61 Å². The van der Waals surface area contributed by atoms with Gasteiger partial charge in [-0.15, -0.1) is 0 Å². The van der Waals surface area contributed by atoms with Crippen LogP contribution in [0.5, 0.6) is 0 Å². The molecule has 1 spiro atoms. The standard InChI is InChI=1S/C20H34O/c1-18(2)8-4-9-19(3)16(18)7-10-20-11-14(5-6-17(19)20)15(12-20)13-21/h14-17,21H,4-13H2,1-3H3/t14-,15+,16+,17-,19+,20-/m1/s1. The summed E-state index contributed by atoms with van der Waals surface area (Å²) in [6, 6.07) is 0. The van der Waals surface area contributed by atoms with E-state index in [1.165, 1.54) is 57.8 Å². The van der Waals surface area contributed by atoms with Crippen LogP contribution in [0.3, 0.4) is 0 Å². The molecule has 2 bridgehead atoms. The predicted octanol–water partition coefficient (Wildman–Crippen LogP) is 5.03. The molecule has 4 fully saturated rings. The van der Waals surface area contributed by atoms with Crippen molar-refractivity contribution in [2.24, 2.45) is 39.9 Å². The van der Waals surface area contributed by atoms with Crippen molar-refractivity contribution in [1.29, 1.82) is 0 Å². The van der Waals surface area contributed by atoms with Gasteiger partial charge in [-0.1, -0.05) is 27.2 Å². The summed E-state index contributed by atoms with van der Waals surface area (Å²) in [4.78, 5) is 0. The highest BCUT2D eigenvalue weighted by Crippen LogP contribution is 2.72. The highest BCUT2D eigenvalue weighted by Gasteiger charge is 2.63. The van der Waals surface area contributed by atoms with Crippen LogP contribution >= 0.6 is 0 Å². The number of hydrogen-bond acceptors (Lipinski definition) is 1. The summed E-state index contributed by atoms with van der Waals surface area (Å²) in [7, 11) is 0. The maximum absolute atomic E-state index is 9.78. The van der Waals surface area contributed by atoms with Crippen LogP contribution in [0.1, 0.15) is 78.6 Å². The summed E-state index contributed by atoms with van der Waals surface area (Å²) < 4.78 is 0. The number of rotatable bonds is 1. The van der Waals surface area contributed by atoms with Gasteiger partial charge in [0.15, 0.2) is 0 Å². The summed E-state index contributed by atoms with van der Waals surface area (Å²) in [6.45, 7) is 8.20. The second-order valence-electron chi connectivity index (χ2n) is 10.0. The van der Waals surface area contributed by atoms with Crippen LogP contribution in [0.25, 0.3) is 0 Å². The fourth-order valence-electron chi connectivity index (χ4n) is 8.13. The van der Waals surface area contributed by atoms with Crippen LogP contribution in [0.15, 0.2) is 0 Å². The number of aliphatic hydroxyl groups excluding tert-OH is 1. The van der Waals surface area contributed by atoms with Crippen molar-refractivity contribution in [2.75, 3.05) is 6.61 Å². The summed E-state index contributed by atoms with van der Waals surface area (Å²) >= 11 is 0. The van der Waals surface area contributed by atoms with E-state index in [9.17, 15) is 5.11 Å². The van der Waals surface area contributed by atoms with E-state index in [4.69, 9.17) is 0 Å². The second-order valence-corrected chi connectivity index (χ2v) is 10.0. The maximum Gasteiger partial charge on any atom is 0.0462 e. The van der Waals surface area contributed by atoms with E-state index in [0.29, 0.717) is 28.8 Å². The zero-order valence-corrected chi connectivity index (χ0v) is 14.3. The lowest BCUT2D eigenvalue weighted by molar-refractivity contribution is -0.144. The molecule has 0 aromatic rings. The first-order valence-electron chi connectivity index (χ1n) is 9.52. The molecule has 4 rings (SSSR count). The van der Waals surface area contributed by atoms with Gasteiger partial charge in [0.1, 0.15) is 0 Å². The molecule has 0 aromatic heterocycles. The first-order chi connectivity index (χ1) is 9.91. The average Bonchev–Trinajstić information content (AvgIpc) is 2.68. The van der Waals surface area contributed by atoms with Gasteiger partial charge in [-0.25, -0.2) is 0 Å². The zero-order chi connectivity index (χ0) is 14.9. The van der Waals surface area contributed by atoms with E-state index in [1.54, 1.807) is 0 Å². The fourth-order valence-corrected chi connectivity index (χ4v) is 8.13. The maximum atomic E-state index is 9.78. The number of aliphatic hydroxyl groups is 1. The lowest BCUT2D eigenvalue weighted by Gasteiger charge is -2.64. The van der Waals surface area contributed by atoms with Crippen LogP contribution in [0, 0.1) is 39.9 Å². The second kappa shape index (κ2) is 4.49. The van der Waals surface area contributed by atoms with Gasteiger partial charge in [-0.05, 0) is 91.3 Å². The summed E-state index contributed by atoms with van der Waals surface area (Å²) in [6.07, 6.45) is 13.0. The lowest BCUT2D eigenvalue weighted by Crippen LogP contribution is -2.55. The SMILES string of the molecule is CC1(C)CCC[C@@]2(C)[C@H]1CC[C@@]13C[C@@H](CO)[C@H](CC[C@@H]12)C3. The van der Waals surface area contributed by atoms with Gasteiger partial charge in [-0.3, -0.25) is 0 Å². The Hall–Kier alpha value is -0.0400. The Morgan fingerprint density at radius 3 is 2.48 bits per heavy atom. The Morgan fingerprint density at radius 1 is 0.905 bits per heavy atom. The Balaban J connectivity index is 1.70. The van der Waals surface area contributed by atoms with Crippen molar-refractivity contribution in [2.45, 2.75) is 78.6 Å². The quantitative estimate of drug-likeness (QED) is 0.718. The minimum Gasteiger partial charge on any atom is -0.396 e. The molecule has 1 nitrogen and oxygen atoms in total. The molecule has 4 saturated carbocycles. The topological polar surface area (TPSA) is 20.2 Å². The normalized spacial score (nSPS) is 54.9. The Labute approximate surface area is 130 Å². The molecular formula is C20H34O. The molecule has 1 heteroatoms. The number of hydrogen-bond donors (Lipinski definition) is 1. The molecule has 0 heterocycles. The lowest BCUT2D eigenvalue weighted by atomic mass is 9.41. The van der Waals surface area contributed by atoms with Crippen molar-refractivity contribution in [1.82, 2.24) is 0 Å². The Kier molecular flexibility index (Phi) is 3.11. The third-order valence-corrected chi connectivity index (χ3v) is 8.81. The van der Waals surface area contributed by atoms with E-state index < -0.39 is 0 Å². The minimum atomic E-state index is 0.449. The monoisotopic (exact) mass is 290 g/mol. The first-order valence-corrected chi connectivity index (χ1v) is 9.52. The van der Waals surface area contributed by atoms with Crippen molar-refractivity contribution in [3.8, 4) is 0 Å². The van der Waals surface area contributed by atoms with Crippen LogP contribution < -0.4 is 0 Å². The third-order valence-electron chi connectivity index (χ3n) is 8.81. The molecule has 0 amide bonds. The molecule has 0 unspecified atom stereocenters. The molecule has 0 aromatic carbocycles. The van der Waals surface area contributed by atoms with Gasteiger partial charge in [-0.2, -0.15) is 0 Å². The van der Waals surface area contributed by atoms with Gasteiger partial charge < -0.3 is 5.11 Å². The molecule has 0 radical (unpaired) electrons. The predicted molar refractivity (Wildman–Crippen MR) is 86.9 cm³/mol. The van der Waals surface area contributed by atoms with Crippen LogP contribution in [0.2, 0.25) is 0 Å². The average molecular weight is 290 g/mol. The molecule has 0 saturated heterocycles. The van der Waals surface area contributed by atoms with E-state index in [0.717, 1.165) is 17.8 Å². The Bertz CT molecular complexity index is 428. The first kappa shape index (κ1) is 14.5. The van der Waals surface area contributed by atoms with Gasteiger partial charge in [0.05, 0.1) is 0 Å². The van der Waals surface area contributed by atoms with Crippen molar-refractivity contribution in [3.63, 3.8) is 0 Å². The zero-order valence-electron chi connectivity index (χ0n) is 14.3. The third kappa shape index (κ3) is 1.85. The van der Waals surface area contributed by atoms with Gasteiger partial charge >= 0.3 is 0 Å². The molecule has 0 aliphatic heterocycles.